The number of hydrogen-bond acceptors (Lipinski definition) is 3. The third-order valence-corrected chi connectivity index (χ3v) is 4.33. The monoisotopic (exact) mass is 270 g/mol. The van der Waals surface area contributed by atoms with Crippen molar-refractivity contribution in [1.29, 1.82) is 0 Å². The number of fused-ring (bicyclic) bond motifs is 1. The predicted molar refractivity (Wildman–Crippen MR) is 82.8 cm³/mol. The van der Waals surface area contributed by atoms with E-state index in [4.69, 9.17) is 10.5 Å². The smallest absolute Gasteiger partial charge is 0.146 e. The minimum Gasteiger partial charge on any atom is -0.488 e. The highest BCUT2D eigenvalue weighted by Crippen LogP contribution is 2.31. The summed E-state index contributed by atoms with van der Waals surface area (Å²) in [5.41, 5.74) is 6.67. The van der Waals surface area contributed by atoms with E-state index in [9.17, 15) is 0 Å². The van der Waals surface area contributed by atoms with Gasteiger partial charge in [-0.25, -0.2) is 4.98 Å². The number of para-hydroxylation sites is 1. The van der Waals surface area contributed by atoms with Gasteiger partial charge in [-0.1, -0.05) is 31.4 Å². The molecule has 0 spiro atoms. The molecule has 1 fully saturated rings. The Morgan fingerprint density at radius 1 is 1.15 bits per heavy atom. The number of pyridine rings is 1. The van der Waals surface area contributed by atoms with Crippen molar-refractivity contribution in [1.82, 2.24) is 4.98 Å². The zero-order valence-corrected chi connectivity index (χ0v) is 12.0. The van der Waals surface area contributed by atoms with Gasteiger partial charge in [0.05, 0.1) is 6.10 Å². The molecule has 0 amide bonds. The fourth-order valence-corrected chi connectivity index (χ4v) is 3.13. The molecule has 0 saturated heterocycles. The van der Waals surface area contributed by atoms with E-state index in [1.807, 2.05) is 30.3 Å². The van der Waals surface area contributed by atoms with Gasteiger partial charge < -0.3 is 10.5 Å². The summed E-state index contributed by atoms with van der Waals surface area (Å²) in [5.74, 6) is 2.06. The quantitative estimate of drug-likeness (QED) is 0.910. The fraction of sp³-hybridized carbons (Fsp3) is 0.471. The summed E-state index contributed by atoms with van der Waals surface area (Å²) in [4.78, 5) is 4.43. The van der Waals surface area contributed by atoms with Crippen molar-refractivity contribution < 1.29 is 4.74 Å². The second-order valence-electron chi connectivity index (χ2n) is 5.79. The molecule has 2 N–H and O–H groups in total. The number of ether oxygens (including phenoxy) is 1. The molecule has 1 aromatic carbocycles. The van der Waals surface area contributed by atoms with E-state index in [0.717, 1.165) is 16.7 Å². The van der Waals surface area contributed by atoms with Crippen LogP contribution in [0.1, 0.15) is 39.0 Å². The van der Waals surface area contributed by atoms with Gasteiger partial charge in [0, 0.05) is 5.39 Å². The summed E-state index contributed by atoms with van der Waals surface area (Å²) in [6.45, 7) is 2.18. The van der Waals surface area contributed by atoms with Crippen LogP contribution in [-0.2, 0) is 0 Å². The zero-order valence-electron chi connectivity index (χ0n) is 12.0. The Hall–Kier alpha value is -1.77. The Labute approximate surface area is 120 Å². The molecule has 1 saturated carbocycles. The summed E-state index contributed by atoms with van der Waals surface area (Å²) >= 11 is 0. The first-order valence-electron chi connectivity index (χ1n) is 7.56. The Bertz CT molecular complexity index is 591. The maximum Gasteiger partial charge on any atom is 0.146 e. The van der Waals surface area contributed by atoms with Crippen LogP contribution < -0.4 is 10.5 Å². The number of rotatable bonds is 3. The summed E-state index contributed by atoms with van der Waals surface area (Å²) in [6, 6.07) is 9.88. The molecule has 20 heavy (non-hydrogen) atoms. The molecule has 3 rings (SSSR count). The molecule has 1 aliphatic rings. The van der Waals surface area contributed by atoms with Crippen molar-refractivity contribution in [2.45, 2.75) is 45.1 Å². The molecule has 106 valence electrons. The van der Waals surface area contributed by atoms with Gasteiger partial charge in [0.1, 0.15) is 17.1 Å². The van der Waals surface area contributed by atoms with Gasteiger partial charge >= 0.3 is 0 Å². The number of nitrogens with zero attached hydrogens (tertiary/aromatic N) is 1. The lowest BCUT2D eigenvalue weighted by molar-refractivity contribution is 0.125. The van der Waals surface area contributed by atoms with Gasteiger partial charge in [-0.05, 0) is 43.9 Å². The standard InChI is InChI=1S/C17H22N2O/c1-12(13-6-3-2-4-7-13)20-15-9-5-8-14-10-11-16(18)19-17(14)15/h5,8-13H,2-4,6-7H2,1H3,(H2,18,19). The summed E-state index contributed by atoms with van der Waals surface area (Å²) < 4.78 is 6.20. The molecule has 2 aromatic rings. The minimum atomic E-state index is 0.240. The van der Waals surface area contributed by atoms with Crippen molar-refractivity contribution in [2.24, 2.45) is 5.92 Å². The number of aromatic nitrogens is 1. The Morgan fingerprint density at radius 3 is 2.75 bits per heavy atom. The van der Waals surface area contributed by atoms with Crippen molar-refractivity contribution in [3.05, 3.63) is 30.3 Å². The third-order valence-electron chi connectivity index (χ3n) is 4.33. The van der Waals surface area contributed by atoms with Crippen molar-refractivity contribution in [3.8, 4) is 5.75 Å². The van der Waals surface area contributed by atoms with Gasteiger partial charge in [0.15, 0.2) is 0 Å². The highest BCUT2D eigenvalue weighted by atomic mass is 16.5. The highest BCUT2D eigenvalue weighted by Gasteiger charge is 2.22. The van der Waals surface area contributed by atoms with Crippen LogP contribution in [0.25, 0.3) is 10.9 Å². The number of hydrogen-bond donors (Lipinski definition) is 1. The SMILES string of the molecule is CC(Oc1cccc2ccc(N)nc12)C1CCCCC1. The average Bonchev–Trinajstić information content (AvgIpc) is 2.49. The largest absolute Gasteiger partial charge is 0.488 e. The molecule has 3 heteroatoms. The van der Waals surface area contributed by atoms with Gasteiger partial charge in [-0.2, -0.15) is 0 Å². The summed E-state index contributed by atoms with van der Waals surface area (Å²) in [6.07, 6.45) is 6.83. The lowest BCUT2D eigenvalue weighted by Crippen LogP contribution is -2.25. The molecular weight excluding hydrogens is 248 g/mol. The van der Waals surface area contributed by atoms with Crippen molar-refractivity contribution in [3.63, 3.8) is 0 Å². The van der Waals surface area contributed by atoms with Crippen LogP contribution in [-0.4, -0.2) is 11.1 Å². The molecule has 1 atom stereocenters. The van der Waals surface area contributed by atoms with Crippen LogP contribution in [0.4, 0.5) is 5.82 Å². The van der Waals surface area contributed by atoms with Crippen molar-refractivity contribution in [2.75, 3.05) is 5.73 Å². The Morgan fingerprint density at radius 2 is 1.95 bits per heavy atom. The van der Waals surface area contributed by atoms with Gasteiger partial charge in [-0.3, -0.25) is 0 Å². The highest BCUT2D eigenvalue weighted by molar-refractivity contribution is 5.85. The fourth-order valence-electron chi connectivity index (χ4n) is 3.13. The normalized spacial score (nSPS) is 18.1. The number of nitrogen functional groups attached to an aromatic ring is 1. The van der Waals surface area contributed by atoms with E-state index < -0.39 is 0 Å². The zero-order chi connectivity index (χ0) is 13.9. The van der Waals surface area contributed by atoms with Crippen LogP contribution in [0.2, 0.25) is 0 Å². The first-order chi connectivity index (χ1) is 9.74. The van der Waals surface area contributed by atoms with E-state index in [1.165, 1.54) is 32.1 Å². The lowest BCUT2D eigenvalue weighted by Gasteiger charge is -2.28. The van der Waals surface area contributed by atoms with Gasteiger partial charge in [-0.15, -0.1) is 0 Å². The molecule has 0 bridgehead atoms. The molecule has 3 nitrogen and oxygen atoms in total. The third kappa shape index (κ3) is 2.72. The maximum absolute atomic E-state index is 6.20. The molecule has 1 aliphatic carbocycles. The summed E-state index contributed by atoms with van der Waals surface area (Å²) in [5, 5.41) is 1.08. The first-order valence-corrected chi connectivity index (χ1v) is 7.56. The Balaban J connectivity index is 1.84. The van der Waals surface area contributed by atoms with Crippen LogP contribution in [0, 0.1) is 5.92 Å². The maximum atomic E-state index is 6.20. The van der Waals surface area contributed by atoms with Crippen LogP contribution >= 0.6 is 0 Å². The second kappa shape index (κ2) is 5.70. The number of anilines is 1. The molecule has 1 heterocycles. The van der Waals surface area contributed by atoms with Crippen LogP contribution in [0.5, 0.6) is 5.75 Å². The molecule has 0 radical (unpaired) electrons. The summed E-state index contributed by atoms with van der Waals surface area (Å²) in [7, 11) is 0. The van der Waals surface area contributed by atoms with E-state index in [1.54, 1.807) is 0 Å². The van der Waals surface area contributed by atoms with E-state index in [2.05, 4.69) is 11.9 Å². The number of benzene rings is 1. The predicted octanol–water partition coefficient (Wildman–Crippen LogP) is 4.16. The topological polar surface area (TPSA) is 48.1 Å². The van der Waals surface area contributed by atoms with Crippen LogP contribution in [0.3, 0.4) is 0 Å². The van der Waals surface area contributed by atoms with Gasteiger partial charge in [0.2, 0.25) is 0 Å². The van der Waals surface area contributed by atoms with Gasteiger partial charge in [0.25, 0.3) is 0 Å². The number of nitrogens with two attached hydrogens (primary N) is 1. The van der Waals surface area contributed by atoms with E-state index in [-0.39, 0.29) is 6.10 Å². The average molecular weight is 270 g/mol. The molecule has 1 aromatic heterocycles. The van der Waals surface area contributed by atoms with Crippen molar-refractivity contribution >= 4 is 16.7 Å². The van der Waals surface area contributed by atoms with E-state index >= 15 is 0 Å². The Kier molecular flexibility index (Phi) is 3.77. The lowest BCUT2D eigenvalue weighted by atomic mass is 9.86. The second-order valence-corrected chi connectivity index (χ2v) is 5.79. The van der Waals surface area contributed by atoms with Crippen LogP contribution in [0.15, 0.2) is 30.3 Å². The molecular formula is C17H22N2O. The minimum absolute atomic E-state index is 0.240. The molecule has 0 aliphatic heterocycles. The molecule has 1 unspecified atom stereocenters. The first kappa shape index (κ1) is 13.2. The van der Waals surface area contributed by atoms with E-state index in [0.29, 0.717) is 11.7 Å².